The van der Waals surface area contributed by atoms with Gasteiger partial charge in [0.15, 0.2) is 0 Å². The first-order valence-electron chi connectivity index (χ1n) is 6.37. The van der Waals surface area contributed by atoms with E-state index in [0.29, 0.717) is 6.42 Å². The van der Waals surface area contributed by atoms with E-state index in [2.05, 4.69) is 10.0 Å². The van der Waals surface area contributed by atoms with Crippen LogP contribution in [0.3, 0.4) is 0 Å². The molecular weight excluding hydrogens is 282 g/mol. The number of nitrogens with one attached hydrogen (secondary N) is 2. The van der Waals surface area contributed by atoms with Crippen molar-refractivity contribution >= 4 is 15.7 Å². The maximum absolute atomic E-state index is 12.3. The van der Waals surface area contributed by atoms with Crippen LogP contribution >= 0.6 is 0 Å². The molecule has 0 saturated carbocycles. The highest BCUT2D eigenvalue weighted by Gasteiger charge is 2.27. The van der Waals surface area contributed by atoms with Crippen LogP contribution in [0.5, 0.6) is 0 Å². The van der Waals surface area contributed by atoms with Gasteiger partial charge in [-0.15, -0.1) is 0 Å². The molecule has 20 heavy (non-hydrogen) atoms. The average Bonchev–Trinajstić information content (AvgIpc) is 2.41. The second-order valence-corrected chi connectivity index (χ2v) is 6.67. The van der Waals surface area contributed by atoms with Crippen LogP contribution in [0.15, 0.2) is 29.2 Å². The fourth-order valence-corrected chi connectivity index (χ4v) is 3.64. The van der Waals surface area contributed by atoms with E-state index in [-0.39, 0.29) is 22.5 Å². The number of rotatable bonds is 4. The zero-order valence-electron chi connectivity index (χ0n) is 11.1. The zero-order valence-corrected chi connectivity index (χ0v) is 11.9. The number of benzene rings is 1. The number of non-ortho nitro benzene ring substituents is 1. The Kier molecular flexibility index (Phi) is 4.36. The number of hydrogen-bond donors (Lipinski definition) is 2. The number of nitro benzene ring substituents is 1. The zero-order chi connectivity index (χ0) is 14.8. The fourth-order valence-electron chi connectivity index (χ4n) is 2.22. The first-order valence-corrected chi connectivity index (χ1v) is 7.86. The molecule has 1 aromatic rings. The molecule has 2 rings (SSSR count). The standard InChI is InChI=1S/C12H17N3O4S/c1-9-8-13-6-5-12(9)14-20(18,19)11-4-2-3-10(7-11)15(16)17/h2-4,7,9,12-14H,5-6,8H2,1H3. The monoisotopic (exact) mass is 299 g/mol. The molecule has 2 unspecified atom stereocenters. The molecule has 1 aliphatic heterocycles. The van der Waals surface area contributed by atoms with E-state index in [1.54, 1.807) is 0 Å². The molecule has 1 aliphatic rings. The molecule has 2 N–H and O–H groups in total. The molecule has 0 radical (unpaired) electrons. The summed E-state index contributed by atoms with van der Waals surface area (Å²) in [6.45, 7) is 3.47. The van der Waals surface area contributed by atoms with Gasteiger partial charge >= 0.3 is 0 Å². The van der Waals surface area contributed by atoms with E-state index >= 15 is 0 Å². The van der Waals surface area contributed by atoms with Gasteiger partial charge in [-0.2, -0.15) is 0 Å². The van der Waals surface area contributed by atoms with Crippen LogP contribution in [0, 0.1) is 16.0 Å². The number of hydrogen-bond acceptors (Lipinski definition) is 5. The fraction of sp³-hybridized carbons (Fsp3) is 0.500. The van der Waals surface area contributed by atoms with E-state index in [9.17, 15) is 18.5 Å². The highest BCUT2D eigenvalue weighted by atomic mass is 32.2. The Morgan fingerprint density at radius 3 is 2.85 bits per heavy atom. The third-order valence-electron chi connectivity index (χ3n) is 3.43. The maximum Gasteiger partial charge on any atom is 0.270 e. The number of nitro groups is 1. The van der Waals surface area contributed by atoms with Crippen LogP contribution in [0.1, 0.15) is 13.3 Å². The minimum Gasteiger partial charge on any atom is -0.316 e. The molecule has 8 heteroatoms. The van der Waals surface area contributed by atoms with Gasteiger partial charge in [0.1, 0.15) is 0 Å². The van der Waals surface area contributed by atoms with E-state index in [4.69, 9.17) is 0 Å². The van der Waals surface area contributed by atoms with Crippen molar-refractivity contribution in [2.45, 2.75) is 24.3 Å². The van der Waals surface area contributed by atoms with Crippen molar-refractivity contribution in [3.05, 3.63) is 34.4 Å². The quantitative estimate of drug-likeness (QED) is 0.634. The third-order valence-corrected chi connectivity index (χ3v) is 4.92. The Morgan fingerprint density at radius 2 is 2.20 bits per heavy atom. The Balaban J connectivity index is 2.21. The molecule has 7 nitrogen and oxygen atoms in total. The molecular formula is C12H17N3O4S. The van der Waals surface area contributed by atoms with E-state index in [1.807, 2.05) is 6.92 Å². The smallest absolute Gasteiger partial charge is 0.270 e. The maximum atomic E-state index is 12.3. The van der Waals surface area contributed by atoms with Gasteiger partial charge in [0.05, 0.1) is 9.82 Å². The Morgan fingerprint density at radius 1 is 1.45 bits per heavy atom. The Hall–Kier alpha value is -1.51. The summed E-state index contributed by atoms with van der Waals surface area (Å²) in [5, 5.41) is 13.9. The summed E-state index contributed by atoms with van der Waals surface area (Å²) in [6, 6.07) is 4.93. The summed E-state index contributed by atoms with van der Waals surface area (Å²) in [5.41, 5.74) is -0.230. The first kappa shape index (κ1) is 14.9. The molecule has 0 amide bonds. The molecule has 1 heterocycles. The molecule has 110 valence electrons. The highest BCUT2D eigenvalue weighted by molar-refractivity contribution is 7.89. The lowest BCUT2D eigenvalue weighted by atomic mass is 9.97. The molecule has 0 aliphatic carbocycles. The van der Waals surface area contributed by atoms with Crippen LogP contribution in [-0.2, 0) is 10.0 Å². The van der Waals surface area contributed by atoms with Crippen molar-refractivity contribution in [2.24, 2.45) is 5.92 Å². The number of sulfonamides is 1. The number of nitrogens with zero attached hydrogens (tertiary/aromatic N) is 1. The lowest BCUT2D eigenvalue weighted by Gasteiger charge is -2.29. The van der Waals surface area contributed by atoms with Gasteiger partial charge < -0.3 is 5.32 Å². The van der Waals surface area contributed by atoms with E-state index in [1.165, 1.54) is 18.2 Å². The molecule has 0 spiro atoms. The molecule has 0 bridgehead atoms. The van der Waals surface area contributed by atoms with Crippen molar-refractivity contribution in [2.75, 3.05) is 13.1 Å². The third kappa shape index (κ3) is 3.33. The van der Waals surface area contributed by atoms with Gasteiger partial charge in [-0.05, 0) is 31.5 Å². The molecule has 2 atom stereocenters. The van der Waals surface area contributed by atoms with Crippen LogP contribution in [0.2, 0.25) is 0 Å². The van der Waals surface area contributed by atoms with Gasteiger partial charge in [-0.1, -0.05) is 13.0 Å². The van der Waals surface area contributed by atoms with Crippen LogP contribution < -0.4 is 10.0 Å². The Labute approximate surface area is 117 Å². The largest absolute Gasteiger partial charge is 0.316 e. The van der Waals surface area contributed by atoms with Gasteiger partial charge in [0.25, 0.3) is 5.69 Å². The van der Waals surface area contributed by atoms with Crippen molar-refractivity contribution in [1.82, 2.24) is 10.0 Å². The Bertz CT molecular complexity index is 602. The molecule has 1 aromatic carbocycles. The minimum absolute atomic E-state index is 0.0718. The van der Waals surface area contributed by atoms with Crippen LogP contribution in [0.25, 0.3) is 0 Å². The van der Waals surface area contributed by atoms with Crippen molar-refractivity contribution in [1.29, 1.82) is 0 Å². The van der Waals surface area contributed by atoms with E-state index < -0.39 is 14.9 Å². The lowest BCUT2D eigenvalue weighted by Crippen LogP contribution is -2.48. The molecule has 1 fully saturated rings. The summed E-state index contributed by atoms with van der Waals surface area (Å²) >= 11 is 0. The predicted octanol–water partition coefficient (Wildman–Crippen LogP) is 0.871. The van der Waals surface area contributed by atoms with Crippen LogP contribution in [-0.4, -0.2) is 32.5 Å². The van der Waals surface area contributed by atoms with Crippen molar-refractivity contribution < 1.29 is 13.3 Å². The minimum atomic E-state index is -3.73. The van der Waals surface area contributed by atoms with Gasteiger partial charge in [0, 0.05) is 18.2 Å². The van der Waals surface area contributed by atoms with Gasteiger partial charge in [-0.3, -0.25) is 10.1 Å². The van der Waals surface area contributed by atoms with Crippen molar-refractivity contribution in [3.8, 4) is 0 Å². The summed E-state index contributed by atoms with van der Waals surface area (Å²) in [6.07, 6.45) is 0.704. The highest BCUT2D eigenvalue weighted by Crippen LogP contribution is 2.19. The first-order chi connectivity index (χ1) is 9.40. The van der Waals surface area contributed by atoms with Crippen molar-refractivity contribution in [3.63, 3.8) is 0 Å². The summed E-state index contributed by atoms with van der Waals surface area (Å²) in [7, 11) is -3.73. The summed E-state index contributed by atoms with van der Waals surface area (Å²) in [5.74, 6) is 0.178. The molecule has 1 saturated heterocycles. The molecule has 0 aromatic heterocycles. The normalized spacial score (nSPS) is 23.4. The second kappa shape index (κ2) is 5.86. The average molecular weight is 299 g/mol. The second-order valence-electron chi connectivity index (χ2n) is 4.95. The number of piperidine rings is 1. The predicted molar refractivity (Wildman–Crippen MR) is 73.9 cm³/mol. The van der Waals surface area contributed by atoms with E-state index in [0.717, 1.165) is 19.2 Å². The van der Waals surface area contributed by atoms with Gasteiger partial charge in [0.2, 0.25) is 10.0 Å². The van der Waals surface area contributed by atoms with Gasteiger partial charge in [-0.25, -0.2) is 13.1 Å². The SMILES string of the molecule is CC1CNCCC1NS(=O)(=O)c1cccc([N+](=O)[O-])c1. The topological polar surface area (TPSA) is 101 Å². The summed E-state index contributed by atoms with van der Waals surface area (Å²) < 4.78 is 27.2. The summed E-state index contributed by atoms with van der Waals surface area (Å²) in [4.78, 5) is 10.0. The lowest BCUT2D eigenvalue weighted by molar-refractivity contribution is -0.385. The van der Waals surface area contributed by atoms with Crippen LogP contribution in [0.4, 0.5) is 5.69 Å².